The molecule has 3 heterocycles. The summed E-state index contributed by atoms with van der Waals surface area (Å²) in [7, 11) is 0. The average Bonchev–Trinajstić information content (AvgIpc) is 2.81. The third-order valence-corrected chi connectivity index (χ3v) is 6.11. The maximum atomic E-state index is 11.1. The number of nitrogens with one attached hydrogen (secondary N) is 1. The second-order valence-corrected chi connectivity index (χ2v) is 8.55. The molecular weight excluding hydrogens is 464 g/mol. The molecular formula is C20H25BrN8O2. The van der Waals surface area contributed by atoms with Gasteiger partial charge in [0.05, 0.1) is 15.6 Å². The lowest BCUT2D eigenvalue weighted by Crippen LogP contribution is -2.34. The number of halogens is 1. The van der Waals surface area contributed by atoms with Gasteiger partial charge in [0.2, 0.25) is 17.8 Å². The second-order valence-electron chi connectivity index (χ2n) is 7.69. The van der Waals surface area contributed by atoms with Crippen LogP contribution < -0.4 is 15.2 Å². The Hall–Kier alpha value is -2.82. The summed E-state index contributed by atoms with van der Waals surface area (Å²) >= 11 is 3.19. The topological polar surface area (TPSA) is 113 Å². The first-order valence-electron chi connectivity index (χ1n) is 10.6. The van der Waals surface area contributed by atoms with Crippen LogP contribution in [0.1, 0.15) is 44.1 Å². The van der Waals surface area contributed by atoms with Crippen molar-refractivity contribution >= 4 is 45.7 Å². The highest BCUT2D eigenvalue weighted by atomic mass is 79.9. The Morgan fingerprint density at radius 2 is 1.55 bits per heavy atom. The first kappa shape index (κ1) is 21.4. The molecule has 0 saturated carbocycles. The van der Waals surface area contributed by atoms with Crippen molar-refractivity contribution in [2.45, 2.75) is 38.5 Å². The van der Waals surface area contributed by atoms with Gasteiger partial charge in [-0.2, -0.15) is 20.1 Å². The number of benzene rings is 1. The standard InChI is InChI=1S/C20H25BrN8O2/c21-16-8-7-15(13-17(16)29(30)31)14-22-26-18-23-19(27-9-3-1-4-10-27)25-20(24-18)28-11-5-2-6-12-28/h7-8,13-14H,1-6,9-12H2,(H,23,24,25,26). The third kappa shape index (κ3) is 5.46. The summed E-state index contributed by atoms with van der Waals surface area (Å²) in [5, 5.41) is 15.3. The molecule has 0 radical (unpaired) electrons. The molecule has 1 aromatic heterocycles. The Kier molecular flexibility index (Phi) is 6.90. The highest BCUT2D eigenvalue weighted by Crippen LogP contribution is 2.25. The number of nitrogens with zero attached hydrogens (tertiary/aromatic N) is 7. The van der Waals surface area contributed by atoms with E-state index in [2.05, 4.69) is 46.2 Å². The number of anilines is 3. The lowest BCUT2D eigenvalue weighted by molar-refractivity contribution is -0.385. The summed E-state index contributed by atoms with van der Waals surface area (Å²) in [5.41, 5.74) is 3.48. The number of hydrogen-bond donors (Lipinski definition) is 1. The van der Waals surface area contributed by atoms with Crippen molar-refractivity contribution in [3.05, 3.63) is 38.3 Å². The van der Waals surface area contributed by atoms with Gasteiger partial charge in [-0.05, 0) is 60.5 Å². The molecule has 1 aromatic carbocycles. The molecule has 4 rings (SSSR count). The number of piperidine rings is 2. The number of nitro groups is 1. The largest absolute Gasteiger partial charge is 0.341 e. The van der Waals surface area contributed by atoms with E-state index in [-0.39, 0.29) is 5.69 Å². The first-order chi connectivity index (χ1) is 15.1. The smallest absolute Gasteiger partial charge is 0.284 e. The van der Waals surface area contributed by atoms with Gasteiger partial charge in [0.1, 0.15) is 0 Å². The lowest BCUT2D eigenvalue weighted by Gasteiger charge is -2.30. The monoisotopic (exact) mass is 488 g/mol. The fourth-order valence-corrected chi connectivity index (χ4v) is 4.18. The van der Waals surface area contributed by atoms with Crippen LogP contribution in [0.4, 0.5) is 23.5 Å². The molecule has 10 nitrogen and oxygen atoms in total. The summed E-state index contributed by atoms with van der Waals surface area (Å²) in [4.78, 5) is 29.0. The number of hydrazone groups is 1. The van der Waals surface area contributed by atoms with Crippen molar-refractivity contribution in [2.75, 3.05) is 41.4 Å². The van der Waals surface area contributed by atoms with Gasteiger partial charge < -0.3 is 9.80 Å². The fraction of sp³-hybridized carbons (Fsp3) is 0.500. The molecule has 2 fully saturated rings. The number of aromatic nitrogens is 3. The lowest BCUT2D eigenvalue weighted by atomic mass is 10.1. The van der Waals surface area contributed by atoms with E-state index in [1.165, 1.54) is 25.1 Å². The summed E-state index contributed by atoms with van der Waals surface area (Å²) < 4.78 is 0.428. The van der Waals surface area contributed by atoms with E-state index in [0.717, 1.165) is 51.9 Å². The molecule has 0 spiro atoms. The quantitative estimate of drug-likeness (QED) is 0.369. The van der Waals surface area contributed by atoms with Crippen LogP contribution in [-0.4, -0.2) is 52.3 Å². The van der Waals surface area contributed by atoms with Gasteiger partial charge in [0, 0.05) is 37.8 Å². The van der Waals surface area contributed by atoms with E-state index in [1.54, 1.807) is 12.1 Å². The van der Waals surface area contributed by atoms with Crippen LogP contribution in [0.5, 0.6) is 0 Å². The molecule has 11 heteroatoms. The predicted octanol–water partition coefficient (Wildman–Crippen LogP) is 3.97. The Balaban J connectivity index is 1.55. The molecule has 0 aliphatic carbocycles. The summed E-state index contributed by atoms with van der Waals surface area (Å²) in [6.45, 7) is 3.76. The minimum absolute atomic E-state index is 0.0103. The molecule has 2 saturated heterocycles. The molecule has 2 aromatic rings. The van der Waals surface area contributed by atoms with Crippen LogP contribution in [0.3, 0.4) is 0 Å². The molecule has 0 atom stereocenters. The van der Waals surface area contributed by atoms with Gasteiger partial charge >= 0.3 is 0 Å². The summed E-state index contributed by atoms with van der Waals surface area (Å²) in [5.74, 6) is 1.72. The maximum Gasteiger partial charge on any atom is 0.284 e. The van der Waals surface area contributed by atoms with E-state index in [4.69, 9.17) is 4.98 Å². The molecule has 2 aliphatic heterocycles. The van der Waals surface area contributed by atoms with Gasteiger partial charge in [-0.15, -0.1) is 0 Å². The van der Waals surface area contributed by atoms with Crippen LogP contribution in [0.15, 0.2) is 27.8 Å². The highest BCUT2D eigenvalue weighted by molar-refractivity contribution is 9.10. The van der Waals surface area contributed by atoms with Crippen molar-refractivity contribution in [2.24, 2.45) is 5.10 Å². The number of nitro benzene ring substituents is 1. The van der Waals surface area contributed by atoms with Crippen LogP contribution >= 0.6 is 15.9 Å². The van der Waals surface area contributed by atoms with Gasteiger partial charge in [-0.1, -0.05) is 6.07 Å². The van der Waals surface area contributed by atoms with Crippen LogP contribution in [0.25, 0.3) is 0 Å². The molecule has 1 N–H and O–H groups in total. The Bertz CT molecular complexity index is 922. The number of hydrogen-bond acceptors (Lipinski definition) is 9. The third-order valence-electron chi connectivity index (χ3n) is 5.43. The molecule has 0 bridgehead atoms. The van der Waals surface area contributed by atoms with Crippen molar-refractivity contribution in [1.82, 2.24) is 15.0 Å². The molecule has 31 heavy (non-hydrogen) atoms. The zero-order valence-electron chi connectivity index (χ0n) is 17.2. The minimum atomic E-state index is -0.434. The average molecular weight is 489 g/mol. The predicted molar refractivity (Wildman–Crippen MR) is 124 cm³/mol. The first-order valence-corrected chi connectivity index (χ1v) is 11.4. The van der Waals surface area contributed by atoms with Gasteiger partial charge in [-0.3, -0.25) is 10.1 Å². The molecule has 0 amide bonds. The molecule has 2 aliphatic rings. The van der Waals surface area contributed by atoms with E-state index in [9.17, 15) is 10.1 Å². The molecule has 0 unspecified atom stereocenters. The summed E-state index contributed by atoms with van der Waals surface area (Å²) in [6, 6.07) is 4.83. The minimum Gasteiger partial charge on any atom is -0.341 e. The highest BCUT2D eigenvalue weighted by Gasteiger charge is 2.20. The van der Waals surface area contributed by atoms with E-state index in [0.29, 0.717) is 27.9 Å². The molecule has 164 valence electrons. The van der Waals surface area contributed by atoms with E-state index >= 15 is 0 Å². The summed E-state index contributed by atoms with van der Waals surface area (Å²) in [6.07, 6.45) is 8.51. The second kappa shape index (κ2) is 9.99. The van der Waals surface area contributed by atoms with E-state index in [1.807, 2.05) is 0 Å². The van der Waals surface area contributed by atoms with Crippen molar-refractivity contribution in [3.8, 4) is 0 Å². The Morgan fingerprint density at radius 3 is 2.10 bits per heavy atom. The Labute approximate surface area is 189 Å². The van der Waals surface area contributed by atoms with Gasteiger partial charge in [0.15, 0.2) is 0 Å². The zero-order chi connectivity index (χ0) is 21.6. The van der Waals surface area contributed by atoms with Gasteiger partial charge in [0.25, 0.3) is 5.69 Å². The van der Waals surface area contributed by atoms with Crippen LogP contribution in [0, 0.1) is 10.1 Å². The normalized spacial score (nSPS) is 17.2. The maximum absolute atomic E-state index is 11.1. The zero-order valence-corrected chi connectivity index (χ0v) is 18.8. The SMILES string of the molecule is O=[N+]([O-])c1cc(C=NNc2nc(N3CCCCC3)nc(N3CCCCC3)n2)ccc1Br. The Morgan fingerprint density at radius 1 is 0.968 bits per heavy atom. The van der Waals surface area contributed by atoms with Crippen molar-refractivity contribution in [3.63, 3.8) is 0 Å². The van der Waals surface area contributed by atoms with E-state index < -0.39 is 4.92 Å². The van der Waals surface area contributed by atoms with Crippen LogP contribution in [0.2, 0.25) is 0 Å². The number of rotatable bonds is 6. The van der Waals surface area contributed by atoms with Gasteiger partial charge in [-0.25, -0.2) is 5.43 Å². The van der Waals surface area contributed by atoms with Crippen molar-refractivity contribution < 1.29 is 4.92 Å². The van der Waals surface area contributed by atoms with Crippen LogP contribution in [-0.2, 0) is 0 Å². The van der Waals surface area contributed by atoms with Crippen molar-refractivity contribution in [1.29, 1.82) is 0 Å². The fourth-order valence-electron chi connectivity index (χ4n) is 3.79.